The van der Waals surface area contributed by atoms with E-state index in [4.69, 9.17) is 16.3 Å². The van der Waals surface area contributed by atoms with Gasteiger partial charge in [-0.1, -0.05) is 53.7 Å². The Morgan fingerprint density at radius 3 is 2.77 bits per heavy atom. The monoisotopic (exact) mass is 331 g/mol. The fourth-order valence-corrected chi connectivity index (χ4v) is 2.95. The van der Waals surface area contributed by atoms with E-state index in [1.807, 2.05) is 30.3 Å². The van der Waals surface area contributed by atoms with Gasteiger partial charge in [0.05, 0.1) is 12.7 Å². The number of hydrogen-bond donors (Lipinski definition) is 1. The second-order valence-electron chi connectivity index (χ2n) is 4.59. The predicted octanol–water partition coefficient (Wildman–Crippen LogP) is 4.43. The lowest BCUT2D eigenvalue weighted by atomic mass is 10.2. The molecule has 22 heavy (non-hydrogen) atoms. The Morgan fingerprint density at radius 1 is 1.18 bits per heavy atom. The van der Waals surface area contributed by atoms with Gasteiger partial charge in [0.2, 0.25) is 5.16 Å². The van der Waals surface area contributed by atoms with Crippen molar-refractivity contribution >= 4 is 23.4 Å². The highest BCUT2D eigenvalue weighted by atomic mass is 35.5. The molecule has 0 aliphatic rings. The number of aromatic nitrogens is 3. The molecule has 0 unspecified atom stereocenters. The summed E-state index contributed by atoms with van der Waals surface area (Å²) in [5.41, 5.74) is 2.04. The minimum atomic E-state index is 0.630. The summed E-state index contributed by atoms with van der Waals surface area (Å²) < 4.78 is 5.34. The molecule has 0 aliphatic heterocycles. The molecule has 0 saturated carbocycles. The van der Waals surface area contributed by atoms with Crippen LogP contribution in [0, 0.1) is 0 Å². The van der Waals surface area contributed by atoms with Crippen molar-refractivity contribution in [2.24, 2.45) is 0 Å². The number of rotatable bonds is 5. The van der Waals surface area contributed by atoms with Crippen molar-refractivity contribution in [1.82, 2.24) is 15.2 Å². The van der Waals surface area contributed by atoms with Crippen molar-refractivity contribution in [2.75, 3.05) is 7.11 Å². The smallest absolute Gasteiger partial charge is 0.209 e. The van der Waals surface area contributed by atoms with Crippen LogP contribution in [0.5, 0.6) is 5.75 Å². The van der Waals surface area contributed by atoms with E-state index < -0.39 is 0 Å². The zero-order chi connectivity index (χ0) is 15.4. The maximum absolute atomic E-state index is 6.05. The highest BCUT2D eigenvalue weighted by Crippen LogP contribution is 2.31. The molecule has 0 saturated heterocycles. The Kier molecular flexibility index (Phi) is 4.65. The Labute approximate surface area is 137 Å². The highest BCUT2D eigenvalue weighted by molar-refractivity contribution is 7.98. The van der Waals surface area contributed by atoms with Gasteiger partial charge >= 0.3 is 0 Å². The van der Waals surface area contributed by atoms with E-state index in [0.717, 1.165) is 11.3 Å². The molecule has 2 aromatic carbocycles. The van der Waals surface area contributed by atoms with Crippen LogP contribution in [0.15, 0.2) is 53.7 Å². The lowest BCUT2D eigenvalue weighted by Gasteiger charge is -2.05. The van der Waals surface area contributed by atoms with Crippen molar-refractivity contribution in [3.63, 3.8) is 0 Å². The van der Waals surface area contributed by atoms with Gasteiger partial charge in [-0.25, -0.2) is 4.98 Å². The number of ether oxygens (including phenoxy) is 1. The van der Waals surface area contributed by atoms with Crippen molar-refractivity contribution in [3.8, 4) is 17.1 Å². The van der Waals surface area contributed by atoms with Gasteiger partial charge in [0, 0.05) is 10.8 Å². The molecule has 1 N–H and O–H groups in total. The van der Waals surface area contributed by atoms with Crippen LogP contribution in [0.25, 0.3) is 11.4 Å². The average molecular weight is 332 g/mol. The summed E-state index contributed by atoms with van der Waals surface area (Å²) in [5.74, 6) is 2.18. The zero-order valence-electron chi connectivity index (χ0n) is 11.9. The van der Waals surface area contributed by atoms with E-state index in [9.17, 15) is 0 Å². The first kappa shape index (κ1) is 14.9. The van der Waals surface area contributed by atoms with E-state index >= 15 is 0 Å². The number of H-pyrrole nitrogens is 1. The van der Waals surface area contributed by atoms with Gasteiger partial charge in [0.1, 0.15) is 5.75 Å². The standard InChI is InChI=1S/C16H14ClN3OS/c1-21-14-8-7-12(17)9-13(14)15-18-16(20-19-15)22-10-11-5-3-2-4-6-11/h2-9H,10H2,1H3,(H,18,19,20). The number of hydrogen-bond acceptors (Lipinski definition) is 4. The van der Waals surface area contributed by atoms with Crippen molar-refractivity contribution in [2.45, 2.75) is 10.9 Å². The van der Waals surface area contributed by atoms with E-state index in [2.05, 4.69) is 27.3 Å². The van der Waals surface area contributed by atoms with E-state index in [1.54, 1.807) is 24.9 Å². The van der Waals surface area contributed by atoms with E-state index in [0.29, 0.717) is 21.8 Å². The average Bonchev–Trinajstić information content (AvgIpc) is 3.03. The number of nitrogens with one attached hydrogen (secondary N) is 1. The molecule has 0 atom stereocenters. The molecule has 0 radical (unpaired) electrons. The molecule has 0 spiro atoms. The summed E-state index contributed by atoms with van der Waals surface area (Å²) in [6.07, 6.45) is 0. The first-order valence-corrected chi connectivity index (χ1v) is 8.05. The molecule has 3 aromatic rings. The van der Waals surface area contributed by atoms with Gasteiger partial charge in [-0.15, -0.1) is 5.10 Å². The van der Waals surface area contributed by atoms with Gasteiger partial charge < -0.3 is 4.74 Å². The number of methoxy groups -OCH3 is 1. The number of benzene rings is 2. The Balaban J connectivity index is 1.78. The lowest BCUT2D eigenvalue weighted by Crippen LogP contribution is -1.89. The van der Waals surface area contributed by atoms with Crippen molar-refractivity contribution < 1.29 is 4.74 Å². The molecule has 112 valence electrons. The van der Waals surface area contributed by atoms with Gasteiger partial charge in [-0.2, -0.15) is 0 Å². The first-order chi connectivity index (χ1) is 10.8. The molecular weight excluding hydrogens is 318 g/mol. The lowest BCUT2D eigenvalue weighted by molar-refractivity contribution is 0.416. The molecule has 6 heteroatoms. The predicted molar refractivity (Wildman–Crippen MR) is 89.4 cm³/mol. The molecule has 0 amide bonds. The number of aromatic amines is 1. The fourth-order valence-electron chi connectivity index (χ4n) is 2.02. The van der Waals surface area contributed by atoms with Crippen LogP contribution in [-0.2, 0) is 5.75 Å². The first-order valence-electron chi connectivity index (χ1n) is 6.69. The summed E-state index contributed by atoms with van der Waals surface area (Å²) in [4.78, 5) is 4.50. The largest absolute Gasteiger partial charge is 0.496 e. The summed E-state index contributed by atoms with van der Waals surface area (Å²) >= 11 is 7.63. The SMILES string of the molecule is COc1ccc(Cl)cc1-c1nc(SCc2ccccc2)n[nH]1. The third-order valence-corrected chi connectivity index (χ3v) is 4.25. The Morgan fingerprint density at radius 2 is 2.00 bits per heavy atom. The summed E-state index contributed by atoms with van der Waals surface area (Å²) in [6.45, 7) is 0. The van der Waals surface area contributed by atoms with Crippen LogP contribution >= 0.6 is 23.4 Å². The minimum Gasteiger partial charge on any atom is -0.496 e. The van der Waals surface area contributed by atoms with E-state index in [1.165, 1.54) is 5.56 Å². The second kappa shape index (κ2) is 6.85. The highest BCUT2D eigenvalue weighted by Gasteiger charge is 2.12. The van der Waals surface area contributed by atoms with Crippen LogP contribution in [-0.4, -0.2) is 22.3 Å². The van der Waals surface area contributed by atoms with Gasteiger partial charge in [0.25, 0.3) is 0 Å². The molecule has 1 aromatic heterocycles. The summed E-state index contributed by atoms with van der Waals surface area (Å²) in [7, 11) is 1.62. The van der Waals surface area contributed by atoms with Gasteiger partial charge in [-0.3, -0.25) is 5.10 Å². The van der Waals surface area contributed by atoms with Crippen LogP contribution in [0.3, 0.4) is 0 Å². The van der Waals surface area contributed by atoms with Crippen molar-refractivity contribution in [3.05, 3.63) is 59.1 Å². The Bertz CT molecular complexity index is 761. The molecule has 0 fully saturated rings. The van der Waals surface area contributed by atoms with Crippen LogP contribution in [0.4, 0.5) is 0 Å². The topological polar surface area (TPSA) is 50.8 Å². The Hall–Kier alpha value is -1.98. The van der Waals surface area contributed by atoms with Crippen molar-refractivity contribution in [1.29, 1.82) is 0 Å². The van der Waals surface area contributed by atoms with E-state index in [-0.39, 0.29) is 0 Å². The molecule has 0 bridgehead atoms. The molecule has 4 nitrogen and oxygen atoms in total. The third-order valence-electron chi connectivity index (χ3n) is 3.09. The second-order valence-corrected chi connectivity index (χ2v) is 5.96. The third kappa shape index (κ3) is 3.43. The normalized spacial score (nSPS) is 10.6. The van der Waals surface area contributed by atoms with Gasteiger partial charge in [-0.05, 0) is 23.8 Å². The quantitative estimate of drug-likeness (QED) is 0.703. The number of nitrogens with zero attached hydrogens (tertiary/aromatic N) is 2. The zero-order valence-corrected chi connectivity index (χ0v) is 13.5. The summed E-state index contributed by atoms with van der Waals surface area (Å²) in [5, 5.41) is 8.51. The molecule has 3 rings (SSSR count). The van der Waals surface area contributed by atoms with Crippen LogP contribution < -0.4 is 4.74 Å². The van der Waals surface area contributed by atoms with Gasteiger partial charge in [0.15, 0.2) is 5.82 Å². The van der Waals surface area contributed by atoms with Crippen LogP contribution in [0.2, 0.25) is 5.02 Å². The maximum Gasteiger partial charge on any atom is 0.209 e. The fraction of sp³-hybridized carbons (Fsp3) is 0.125. The minimum absolute atomic E-state index is 0.630. The summed E-state index contributed by atoms with van der Waals surface area (Å²) in [6, 6.07) is 15.6. The number of halogens is 1. The molecule has 1 heterocycles. The molecular formula is C16H14ClN3OS. The maximum atomic E-state index is 6.05. The number of thioether (sulfide) groups is 1. The molecule has 0 aliphatic carbocycles. The van der Waals surface area contributed by atoms with Crippen LogP contribution in [0.1, 0.15) is 5.56 Å².